The van der Waals surface area contributed by atoms with Gasteiger partial charge in [-0.25, -0.2) is 16.8 Å². The lowest BCUT2D eigenvalue weighted by Crippen LogP contribution is -2.40. The number of piperidine rings is 1. The Morgan fingerprint density at radius 3 is 2.25 bits per heavy atom. The maximum absolute atomic E-state index is 13.2. The highest BCUT2D eigenvalue weighted by Crippen LogP contribution is 2.31. The van der Waals surface area contributed by atoms with Crippen molar-refractivity contribution in [1.29, 1.82) is 0 Å². The van der Waals surface area contributed by atoms with Crippen LogP contribution >= 0.6 is 11.6 Å². The molecule has 10 nitrogen and oxygen atoms in total. The van der Waals surface area contributed by atoms with Crippen molar-refractivity contribution in [2.45, 2.75) is 29.1 Å². The van der Waals surface area contributed by atoms with Gasteiger partial charge in [-0.1, -0.05) is 18.0 Å². The fourth-order valence-electron chi connectivity index (χ4n) is 4.16. The van der Waals surface area contributed by atoms with Crippen LogP contribution in [0.5, 0.6) is 5.75 Å². The fourth-order valence-corrected chi connectivity index (χ4v) is 7.61. The van der Waals surface area contributed by atoms with Gasteiger partial charge in [-0.15, -0.1) is 0 Å². The minimum atomic E-state index is -3.87. The Bertz CT molecular complexity index is 1340. The van der Waals surface area contributed by atoms with E-state index in [9.17, 15) is 21.6 Å². The summed E-state index contributed by atoms with van der Waals surface area (Å²) in [6, 6.07) is 8.20. The first-order chi connectivity index (χ1) is 17.1. The van der Waals surface area contributed by atoms with E-state index in [2.05, 4.69) is 5.32 Å². The summed E-state index contributed by atoms with van der Waals surface area (Å²) < 4.78 is 65.7. The molecule has 0 aliphatic carbocycles. The van der Waals surface area contributed by atoms with Gasteiger partial charge < -0.3 is 14.8 Å². The summed E-state index contributed by atoms with van der Waals surface area (Å²) in [6.45, 7) is 1.87. The van der Waals surface area contributed by atoms with Gasteiger partial charge in [-0.05, 0) is 49.2 Å². The van der Waals surface area contributed by atoms with Crippen LogP contribution in [0.25, 0.3) is 0 Å². The van der Waals surface area contributed by atoms with E-state index in [0.29, 0.717) is 26.3 Å². The molecule has 36 heavy (non-hydrogen) atoms. The average Bonchev–Trinajstić information content (AvgIpc) is 2.89. The molecule has 0 aromatic heterocycles. The summed E-state index contributed by atoms with van der Waals surface area (Å²) in [5.74, 6) is -0.389. The van der Waals surface area contributed by atoms with Crippen LogP contribution in [0.2, 0.25) is 5.02 Å². The molecule has 13 heteroatoms. The first-order valence-corrected chi connectivity index (χ1v) is 14.8. The van der Waals surface area contributed by atoms with Crippen molar-refractivity contribution in [2.24, 2.45) is 0 Å². The molecule has 2 aromatic rings. The Labute approximate surface area is 216 Å². The van der Waals surface area contributed by atoms with E-state index in [1.807, 2.05) is 0 Å². The third kappa shape index (κ3) is 5.53. The lowest BCUT2D eigenvalue weighted by atomic mass is 10.2. The van der Waals surface area contributed by atoms with Crippen LogP contribution in [-0.2, 0) is 24.8 Å². The lowest BCUT2D eigenvalue weighted by Gasteiger charge is -2.26. The molecule has 1 amide bonds. The molecule has 196 valence electrons. The second-order valence-corrected chi connectivity index (χ2v) is 12.7. The van der Waals surface area contributed by atoms with Gasteiger partial charge in [0.15, 0.2) is 0 Å². The molecule has 4 rings (SSSR count). The zero-order valence-corrected chi connectivity index (χ0v) is 22.2. The van der Waals surface area contributed by atoms with Crippen LogP contribution in [0.3, 0.4) is 0 Å². The maximum atomic E-state index is 13.2. The number of halogens is 1. The summed E-state index contributed by atoms with van der Waals surface area (Å²) in [4.78, 5) is 13.0. The molecular formula is C23H28ClN3O7S2. The van der Waals surface area contributed by atoms with Crippen LogP contribution in [0, 0.1) is 0 Å². The Hall–Kier alpha value is -2.22. The van der Waals surface area contributed by atoms with Crippen molar-refractivity contribution in [3.63, 3.8) is 0 Å². The minimum Gasteiger partial charge on any atom is -0.495 e. The number of ether oxygens (including phenoxy) is 2. The summed E-state index contributed by atoms with van der Waals surface area (Å²) in [5.41, 5.74) is 0.186. The number of methoxy groups -OCH3 is 1. The number of hydrogen-bond donors (Lipinski definition) is 1. The minimum absolute atomic E-state index is 0.00929. The van der Waals surface area contributed by atoms with E-state index in [1.165, 1.54) is 52.1 Å². The molecule has 2 heterocycles. The number of carbonyl (C=O) groups is 1. The molecule has 2 aliphatic rings. The Kier molecular flexibility index (Phi) is 8.22. The quantitative estimate of drug-likeness (QED) is 0.555. The number of amides is 1. The van der Waals surface area contributed by atoms with E-state index >= 15 is 0 Å². The Morgan fingerprint density at radius 2 is 1.58 bits per heavy atom. The van der Waals surface area contributed by atoms with Crippen LogP contribution < -0.4 is 10.1 Å². The molecule has 2 saturated heterocycles. The normalized spacial score (nSPS) is 18.1. The zero-order valence-electron chi connectivity index (χ0n) is 19.8. The average molecular weight is 558 g/mol. The highest BCUT2D eigenvalue weighted by Gasteiger charge is 2.30. The van der Waals surface area contributed by atoms with Crippen LogP contribution in [0.1, 0.15) is 29.6 Å². The highest BCUT2D eigenvalue weighted by molar-refractivity contribution is 7.89. The van der Waals surface area contributed by atoms with E-state index in [-0.39, 0.29) is 44.9 Å². The molecule has 0 radical (unpaired) electrons. The number of nitrogens with zero attached hydrogens (tertiary/aromatic N) is 2. The molecule has 2 aromatic carbocycles. The topological polar surface area (TPSA) is 122 Å². The number of carbonyl (C=O) groups excluding carboxylic acids is 1. The number of anilines is 1. The van der Waals surface area contributed by atoms with Crippen molar-refractivity contribution in [2.75, 3.05) is 51.8 Å². The standard InChI is InChI=1S/C23H28ClN3O7S2/c1-33-21-8-6-18(35(29,30)27-11-13-34-14-12-27)16-20(21)25-23(28)17-5-7-19(24)22(15-17)36(31,32)26-9-3-2-4-10-26/h5-8,15-16H,2-4,9-14H2,1H3,(H,25,28). The summed E-state index contributed by atoms with van der Waals surface area (Å²) in [5, 5.41) is 2.67. The van der Waals surface area contributed by atoms with Crippen LogP contribution in [0.15, 0.2) is 46.2 Å². The van der Waals surface area contributed by atoms with E-state index in [1.54, 1.807) is 0 Å². The molecular weight excluding hydrogens is 530 g/mol. The number of rotatable bonds is 7. The summed E-state index contributed by atoms with van der Waals surface area (Å²) in [7, 11) is -6.29. The third-order valence-corrected chi connectivity index (χ3v) is 10.4. The molecule has 2 aliphatic heterocycles. The van der Waals surface area contributed by atoms with Gasteiger partial charge in [0.1, 0.15) is 10.6 Å². The molecule has 0 saturated carbocycles. The van der Waals surface area contributed by atoms with Gasteiger partial charge in [0, 0.05) is 31.7 Å². The highest BCUT2D eigenvalue weighted by atomic mass is 35.5. The number of hydrogen-bond acceptors (Lipinski definition) is 7. The SMILES string of the molecule is COc1ccc(S(=O)(=O)N2CCOCC2)cc1NC(=O)c1ccc(Cl)c(S(=O)(=O)N2CCCCC2)c1. The van der Waals surface area contributed by atoms with Gasteiger partial charge in [0.25, 0.3) is 5.91 Å². The van der Waals surface area contributed by atoms with Crippen LogP contribution in [-0.4, -0.2) is 77.9 Å². The second-order valence-electron chi connectivity index (χ2n) is 8.44. The third-order valence-electron chi connectivity index (χ3n) is 6.15. The number of benzene rings is 2. The van der Waals surface area contributed by atoms with Crippen molar-refractivity contribution < 1.29 is 31.1 Å². The number of nitrogens with one attached hydrogen (secondary N) is 1. The van der Waals surface area contributed by atoms with Gasteiger partial charge in [0.2, 0.25) is 20.0 Å². The van der Waals surface area contributed by atoms with E-state index in [0.717, 1.165) is 19.3 Å². The van der Waals surface area contributed by atoms with Crippen molar-refractivity contribution >= 4 is 43.2 Å². The van der Waals surface area contributed by atoms with Gasteiger partial charge in [0.05, 0.1) is 35.9 Å². The van der Waals surface area contributed by atoms with Gasteiger partial charge in [-0.3, -0.25) is 4.79 Å². The maximum Gasteiger partial charge on any atom is 0.255 e. The molecule has 2 fully saturated rings. The monoisotopic (exact) mass is 557 g/mol. The van der Waals surface area contributed by atoms with Gasteiger partial charge >= 0.3 is 0 Å². The predicted octanol–water partition coefficient (Wildman–Crippen LogP) is 2.80. The fraction of sp³-hybridized carbons (Fsp3) is 0.435. The first kappa shape index (κ1) is 26.8. The number of morpholine rings is 1. The number of sulfonamides is 2. The Morgan fingerprint density at radius 1 is 0.917 bits per heavy atom. The van der Waals surface area contributed by atoms with Crippen molar-refractivity contribution in [3.8, 4) is 5.75 Å². The van der Waals surface area contributed by atoms with Crippen molar-refractivity contribution in [1.82, 2.24) is 8.61 Å². The van der Waals surface area contributed by atoms with E-state index < -0.39 is 26.0 Å². The molecule has 1 N–H and O–H groups in total. The summed E-state index contributed by atoms with van der Waals surface area (Å²) >= 11 is 6.22. The predicted molar refractivity (Wildman–Crippen MR) is 135 cm³/mol. The zero-order chi connectivity index (χ0) is 25.9. The molecule has 0 spiro atoms. The molecule has 0 unspecified atom stereocenters. The van der Waals surface area contributed by atoms with Crippen molar-refractivity contribution in [3.05, 3.63) is 47.0 Å². The molecule has 0 atom stereocenters. The summed E-state index contributed by atoms with van der Waals surface area (Å²) in [6.07, 6.45) is 2.49. The second kappa shape index (κ2) is 11.0. The smallest absolute Gasteiger partial charge is 0.255 e. The van der Waals surface area contributed by atoms with Gasteiger partial charge in [-0.2, -0.15) is 8.61 Å². The Balaban J connectivity index is 1.62. The molecule has 0 bridgehead atoms. The largest absolute Gasteiger partial charge is 0.495 e. The lowest BCUT2D eigenvalue weighted by molar-refractivity contribution is 0.0730. The first-order valence-electron chi connectivity index (χ1n) is 11.5. The van der Waals surface area contributed by atoms with Crippen LogP contribution in [0.4, 0.5) is 5.69 Å². The van der Waals surface area contributed by atoms with E-state index in [4.69, 9.17) is 21.1 Å².